The number of rotatable bonds is 6. The summed E-state index contributed by atoms with van der Waals surface area (Å²) in [7, 11) is 0. The zero-order valence-electron chi connectivity index (χ0n) is 29.9. The third-order valence-corrected chi connectivity index (χ3v) is 12.1. The molecular formula is C52H34N2S. The number of benzene rings is 9. The highest BCUT2D eigenvalue weighted by atomic mass is 32.1. The van der Waals surface area contributed by atoms with Crippen LogP contribution in [0.5, 0.6) is 0 Å². The number of thiophene rings is 1. The fourth-order valence-electron chi connectivity index (χ4n) is 8.35. The van der Waals surface area contributed by atoms with Gasteiger partial charge >= 0.3 is 0 Å². The van der Waals surface area contributed by atoms with Crippen LogP contribution in [0.3, 0.4) is 0 Å². The van der Waals surface area contributed by atoms with Gasteiger partial charge in [-0.25, -0.2) is 0 Å². The monoisotopic (exact) mass is 718 g/mol. The lowest BCUT2D eigenvalue weighted by Gasteiger charge is -2.27. The van der Waals surface area contributed by atoms with Gasteiger partial charge in [0.05, 0.1) is 16.7 Å². The molecular weight excluding hydrogens is 685 g/mol. The SMILES string of the molecule is c1ccc(-n2c3ccccc3c3cc(-c4ccc(N(c5ccc(-c6ccc7c(c6)sc6ccccc67)cc5)c5cccc6ccccc56)cc4)ccc32)cc1. The van der Waals surface area contributed by atoms with Crippen LogP contribution in [0, 0.1) is 0 Å². The van der Waals surface area contributed by atoms with Crippen molar-refractivity contribution in [2.75, 3.05) is 4.90 Å². The standard InChI is InChI=1S/C52H34N2S/c1-2-13-40(14-3-1)54-49-18-8-6-16-44(49)47-33-38(26-32-50(47)54)35-21-27-41(28-22-35)53(48-19-10-12-37-11-4-5-15-43(37)48)42-29-23-36(24-30-42)39-25-31-46-45-17-7-9-20-51(45)55-52(46)34-39/h1-34H. The van der Waals surface area contributed by atoms with E-state index in [2.05, 4.69) is 216 Å². The van der Waals surface area contributed by atoms with E-state index < -0.39 is 0 Å². The fraction of sp³-hybridized carbons (Fsp3) is 0. The van der Waals surface area contributed by atoms with Crippen molar-refractivity contribution in [1.82, 2.24) is 4.57 Å². The molecule has 0 fully saturated rings. The van der Waals surface area contributed by atoms with Gasteiger partial charge in [-0.05, 0) is 100 Å². The second-order valence-corrected chi connectivity index (χ2v) is 15.2. The first-order valence-corrected chi connectivity index (χ1v) is 19.6. The highest BCUT2D eigenvalue weighted by Gasteiger charge is 2.17. The van der Waals surface area contributed by atoms with Gasteiger partial charge in [0.15, 0.2) is 0 Å². The Morgan fingerprint density at radius 1 is 0.345 bits per heavy atom. The summed E-state index contributed by atoms with van der Waals surface area (Å²) in [6.45, 7) is 0. The normalized spacial score (nSPS) is 11.6. The van der Waals surface area contributed by atoms with Crippen LogP contribution in [0.25, 0.3) is 80.7 Å². The predicted octanol–water partition coefficient (Wildman–Crippen LogP) is 15.1. The minimum absolute atomic E-state index is 1.11. The van der Waals surface area contributed by atoms with E-state index in [4.69, 9.17) is 0 Å². The van der Waals surface area contributed by atoms with Gasteiger partial charge in [0.1, 0.15) is 0 Å². The van der Waals surface area contributed by atoms with Crippen molar-refractivity contribution >= 4 is 81.1 Å². The largest absolute Gasteiger partial charge is 0.310 e. The molecule has 3 heteroatoms. The molecule has 0 aliphatic rings. The molecule has 11 aromatic rings. The maximum Gasteiger partial charge on any atom is 0.0541 e. The maximum atomic E-state index is 2.39. The Morgan fingerprint density at radius 2 is 0.909 bits per heavy atom. The van der Waals surface area contributed by atoms with Gasteiger partial charge in [0, 0.05) is 53.4 Å². The number of aromatic nitrogens is 1. The molecule has 2 heterocycles. The summed E-state index contributed by atoms with van der Waals surface area (Å²) in [4.78, 5) is 2.39. The quantitative estimate of drug-likeness (QED) is 0.166. The summed E-state index contributed by atoms with van der Waals surface area (Å²) in [5, 5.41) is 7.60. The first-order chi connectivity index (χ1) is 27.3. The maximum absolute atomic E-state index is 2.39. The number of hydrogen-bond acceptors (Lipinski definition) is 2. The van der Waals surface area contributed by atoms with Crippen LogP contribution in [0.1, 0.15) is 0 Å². The predicted molar refractivity (Wildman–Crippen MR) is 237 cm³/mol. The van der Waals surface area contributed by atoms with Gasteiger partial charge < -0.3 is 9.47 Å². The molecule has 2 nitrogen and oxygen atoms in total. The van der Waals surface area contributed by atoms with Gasteiger partial charge in [-0.2, -0.15) is 0 Å². The number of hydrogen-bond donors (Lipinski definition) is 0. The Hall–Kier alpha value is -6.94. The van der Waals surface area contributed by atoms with Crippen LogP contribution in [0.15, 0.2) is 206 Å². The van der Waals surface area contributed by atoms with Crippen molar-refractivity contribution in [3.8, 4) is 27.9 Å². The molecule has 11 rings (SSSR count). The molecule has 0 saturated carbocycles. The minimum atomic E-state index is 1.11. The summed E-state index contributed by atoms with van der Waals surface area (Å²) in [6.07, 6.45) is 0. The van der Waals surface area contributed by atoms with Crippen molar-refractivity contribution in [3.05, 3.63) is 206 Å². The average molecular weight is 719 g/mol. The zero-order chi connectivity index (χ0) is 36.3. The average Bonchev–Trinajstić information content (AvgIpc) is 3.80. The summed E-state index contributed by atoms with van der Waals surface area (Å²) >= 11 is 1.87. The van der Waals surface area contributed by atoms with Crippen molar-refractivity contribution < 1.29 is 0 Å². The molecule has 0 radical (unpaired) electrons. The zero-order valence-corrected chi connectivity index (χ0v) is 30.7. The lowest BCUT2D eigenvalue weighted by atomic mass is 10.0. The van der Waals surface area contributed by atoms with Crippen LogP contribution in [0.2, 0.25) is 0 Å². The molecule has 9 aromatic carbocycles. The van der Waals surface area contributed by atoms with Crippen molar-refractivity contribution in [1.29, 1.82) is 0 Å². The lowest BCUT2D eigenvalue weighted by Crippen LogP contribution is -2.10. The van der Waals surface area contributed by atoms with Crippen LogP contribution >= 0.6 is 11.3 Å². The molecule has 0 saturated heterocycles. The lowest BCUT2D eigenvalue weighted by molar-refractivity contribution is 1.18. The first kappa shape index (κ1) is 31.6. The van der Waals surface area contributed by atoms with Crippen LogP contribution in [-0.4, -0.2) is 4.57 Å². The summed E-state index contributed by atoms with van der Waals surface area (Å²) in [5.41, 5.74) is 11.8. The van der Waals surface area contributed by atoms with E-state index in [1.165, 1.54) is 80.7 Å². The van der Waals surface area contributed by atoms with Crippen LogP contribution in [-0.2, 0) is 0 Å². The molecule has 258 valence electrons. The minimum Gasteiger partial charge on any atom is -0.310 e. The third kappa shape index (κ3) is 5.32. The molecule has 0 aliphatic heterocycles. The molecule has 0 atom stereocenters. The molecule has 0 bridgehead atoms. The Morgan fingerprint density at radius 3 is 1.69 bits per heavy atom. The van der Waals surface area contributed by atoms with Crippen LogP contribution < -0.4 is 4.90 Å². The van der Waals surface area contributed by atoms with E-state index in [1.807, 2.05) is 11.3 Å². The van der Waals surface area contributed by atoms with E-state index in [-0.39, 0.29) is 0 Å². The number of para-hydroxylation sites is 2. The summed E-state index contributed by atoms with van der Waals surface area (Å²) in [5.74, 6) is 0. The van der Waals surface area contributed by atoms with E-state index in [9.17, 15) is 0 Å². The highest BCUT2D eigenvalue weighted by Crippen LogP contribution is 2.42. The number of fused-ring (bicyclic) bond motifs is 7. The van der Waals surface area contributed by atoms with Crippen molar-refractivity contribution in [2.24, 2.45) is 0 Å². The Kier molecular flexibility index (Phi) is 7.39. The van der Waals surface area contributed by atoms with Gasteiger partial charge in [-0.15, -0.1) is 11.3 Å². The van der Waals surface area contributed by atoms with Crippen molar-refractivity contribution in [3.63, 3.8) is 0 Å². The Balaban J connectivity index is 0.990. The second kappa shape index (κ2) is 12.9. The highest BCUT2D eigenvalue weighted by molar-refractivity contribution is 7.25. The Bertz CT molecular complexity index is 3180. The van der Waals surface area contributed by atoms with Crippen LogP contribution in [0.4, 0.5) is 17.1 Å². The van der Waals surface area contributed by atoms with Crippen molar-refractivity contribution in [2.45, 2.75) is 0 Å². The van der Waals surface area contributed by atoms with E-state index >= 15 is 0 Å². The smallest absolute Gasteiger partial charge is 0.0541 e. The molecule has 55 heavy (non-hydrogen) atoms. The summed E-state index contributed by atoms with van der Waals surface area (Å²) in [6, 6.07) is 75.1. The van der Waals surface area contributed by atoms with E-state index in [1.54, 1.807) is 0 Å². The topological polar surface area (TPSA) is 8.17 Å². The second-order valence-electron chi connectivity index (χ2n) is 14.2. The van der Waals surface area contributed by atoms with E-state index in [0.717, 1.165) is 17.1 Å². The molecule has 0 amide bonds. The van der Waals surface area contributed by atoms with Gasteiger partial charge in [-0.3, -0.25) is 0 Å². The van der Waals surface area contributed by atoms with Gasteiger partial charge in [0.2, 0.25) is 0 Å². The molecule has 0 unspecified atom stereocenters. The number of anilines is 3. The molecule has 0 spiro atoms. The van der Waals surface area contributed by atoms with Gasteiger partial charge in [-0.1, -0.05) is 133 Å². The first-order valence-electron chi connectivity index (χ1n) is 18.8. The fourth-order valence-corrected chi connectivity index (χ4v) is 9.49. The number of nitrogens with zero attached hydrogens (tertiary/aromatic N) is 2. The molecule has 2 aromatic heterocycles. The Labute approximate surface area is 323 Å². The third-order valence-electron chi connectivity index (χ3n) is 11.0. The molecule has 0 N–H and O–H groups in total. The summed E-state index contributed by atoms with van der Waals surface area (Å²) < 4.78 is 5.02. The van der Waals surface area contributed by atoms with Gasteiger partial charge in [0.25, 0.3) is 0 Å². The van der Waals surface area contributed by atoms with E-state index in [0.29, 0.717) is 0 Å². The molecule has 0 aliphatic carbocycles.